The first kappa shape index (κ1) is 11.4. The molecular formula is C6H3BrClF3N2O. The van der Waals surface area contributed by atoms with E-state index in [1.54, 1.807) is 0 Å². The van der Waals surface area contributed by atoms with E-state index in [1.165, 1.54) is 0 Å². The van der Waals surface area contributed by atoms with Gasteiger partial charge in [0, 0.05) is 0 Å². The molecule has 78 valence electrons. The topological polar surface area (TPSA) is 48.1 Å². The largest absolute Gasteiger partial charge is 0.573 e. The molecule has 0 spiro atoms. The van der Waals surface area contributed by atoms with Gasteiger partial charge >= 0.3 is 6.36 Å². The number of pyridine rings is 1. The zero-order valence-corrected chi connectivity index (χ0v) is 8.74. The van der Waals surface area contributed by atoms with Crippen LogP contribution in [0.4, 0.5) is 18.9 Å². The van der Waals surface area contributed by atoms with Crippen LogP contribution in [0.5, 0.6) is 5.75 Å². The lowest BCUT2D eigenvalue weighted by Gasteiger charge is -2.12. The maximum absolute atomic E-state index is 11.9. The molecule has 2 N–H and O–H groups in total. The Morgan fingerprint density at radius 3 is 2.57 bits per heavy atom. The fourth-order valence-electron chi connectivity index (χ4n) is 0.681. The molecule has 0 aliphatic rings. The number of anilines is 1. The van der Waals surface area contributed by atoms with E-state index in [-0.39, 0.29) is 15.3 Å². The summed E-state index contributed by atoms with van der Waals surface area (Å²) in [5.74, 6) is -0.652. The van der Waals surface area contributed by atoms with Gasteiger partial charge < -0.3 is 10.5 Å². The molecule has 0 radical (unpaired) electrons. The molecule has 8 heteroatoms. The Morgan fingerprint density at radius 1 is 1.50 bits per heavy atom. The van der Waals surface area contributed by atoms with Crippen LogP contribution in [0.1, 0.15) is 0 Å². The molecule has 0 amide bonds. The standard InChI is InChI=1S/C6H3BrClF3N2O/c7-5-3(8)4(2(12)1-13-5)14-6(9,10)11/h1H,12H2. The third-order valence-electron chi connectivity index (χ3n) is 1.18. The molecule has 0 aromatic carbocycles. The van der Waals surface area contributed by atoms with Crippen LogP contribution in [0, 0.1) is 0 Å². The number of hydrogen-bond donors (Lipinski definition) is 1. The van der Waals surface area contributed by atoms with Crippen molar-refractivity contribution in [3.05, 3.63) is 15.8 Å². The summed E-state index contributed by atoms with van der Waals surface area (Å²) >= 11 is 8.33. The second kappa shape index (κ2) is 3.82. The van der Waals surface area contributed by atoms with Gasteiger partial charge in [0.1, 0.15) is 9.63 Å². The van der Waals surface area contributed by atoms with Gasteiger partial charge in [-0.3, -0.25) is 0 Å². The molecule has 14 heavy (non-hydrogen) atoms. The number of rotatable bonds is 1. The van der Waals surface area contributed by atoms with Crippen molar-refractivity contribution in [1.82, 2.24) is 4.98 Å². The van der Waals surface area contributed by atoms with Gasteiger partial charge in [0.15, 0.2) is 5.75 Å². The molecule has 0 aliphatic heterocycles. The molecule has 0 unspecified atom stereocenters. The van der Waals surface area contributed by atoms with E-state index in [1.807, 2.05) is 0 Å². The molecule has 1 aromatic heterocycles. The number of nitrogens with zero attached hydrogens (tertiary/aromatic N) is 1. The minimum atomic E-state index is -4.83. The molecular weight excluding hydrogens is 288 g/mol. The Labute approximate surface area is 90.1 Å². The quantitative estimate of drug-likeness (QED) is 0.809. The fourth-order valence-corrected chi connectivity index (χ4v) is 1.16. The molecule has 0 saturated carbocycles. The summed E-state index contributed by atoms with van der Waals surface area (Å²) in [6.07, 6.45) is -3.82. The van der Waals surface area contributed by atoms with Crippen molar-refractivity contribution < 1.29 is 17.9 Å². The number of nitrogen functional groups attached to an aromatic ring is 1. The molecule has 1 heterocycles. The van der Waals surface area contributed by atoms with Crippen LogP contribution in [0.3, 0.4) is 0 Å². The van der Waals surface area contributed by atoms with E-state index in [0.717, 1.165) is 6.20 Å². The summed E-state index contributed by atoms with van der Waals surface area (Å²) in [6.45, 7) is 0. The monoisotopic (exact) mass is 290 g/mol. The average molecular weight is 291 g/mol. The van der Waals surface area contributed by atoms with Crippen molar-refractivity contribution in [2.24, 2.45) is 0 Å². The van der Waals surface area contributed by atoms with Crippen molar-refractivity contribution >= 4 is 33.2 Å². The van der Waals surface area contributed by atoms with Crippen LogP contribution in [0.2, 0.25) is 5.02 Å². The van der Waals surface area contributed by atoms with Gasteiger partial charge in [0.25, 0.3) is 0 Å². The first-order valence-corrected chi connectivity index (χ1v) is 4.33. The van der Waals surface area contributed by atoms with Crippen molar-refractivity contribution in [3.63, 3.8) is 0 Å². The van der Waals surface area contributed by atoms with E-state index < -0.39 is 12.1 Å². The summed E-state index contributed by atoms with van der Waals surface area (Å²) in [4.78, 5) is 3.58. The second-order valence-corrected chi connectivity index (χ2v) is 3.32. The lowest BCUT2D eigenvalue weighted by Crippen LogP contribution is -2.18. The van der Waals surface area contributed by atoms with Crippen LogP contribution < -0.4 is 10.5 Å². The van der Waals surface area contributed by atoms with Crippen LogP contribution in [0.25, 0.3) is 0 Å². The highest BCUT2D eigenvalue weighted by molar-refractivity contribution is 9.10. The number of nitrogens with two attached hydrogens (primary N) is 1. The highest BCUT2D eigenvalue weighted by Crippen LogP contribution is 2.38. The molecule has 0 aliphatic carbocycles. The number of ether oxygens (including phenoxy) is 1. The zero-order valence-electron chi connectivity index (χ0n) is 6.40. The normalized spacial score (nSPS) is 11.5. The summed E-state index contributed by atoms with van der Waals surface area (Å²) in [6, 6.07) is 0. The number of hydrogen-bond acceptors (Lipinski definition) is 3. The van der Waals surface area contributed by atoms with Gasteiger partial charge in [-0.15, -0.1) is 13.2 Å². The third kappa shape index (κ3) is 2.65. The minimum Gasteiger partial charge on any atom is -0.402 e. The molecule has 0 atom stereocenters. The summed E-state index contributed by atoms with van der Waals surface area (Å²) in [5.41, 5.74) is 4.92. The molecule has 0 bridgehead atoms. The van der Waals surface area contributed by atoms with Crippen molar-refractivity contribution in [2.45, 2.75) is 6.36 Å². The lowest BCUT2D eigenvalue weighted by atomic mass is 10.4. The summed E-state index contributed by atoms with van der Waals surface area (Å²) in [5, 5.41) is -0.317. The molecule has 3 nitrogen and oxygen atoms in total. The first-order valence-electron chi connectivity index (χ1n) is 3.16. The predicted molar refractivity (Wildman–Crippen MR) is 48.0 cm³/mol. The Kier molecular flexibility index (Phi) is 3.10. The van der Waals surface area contributed by atoms with Gasteiger partial charge in [0.05, 0.1) is 11.9 Å². The van der Waals surface area contributed by atoms with Crippen LogP contribution in [0.15, 0.2) is 10.8 Å². The Morgan fingerprint density at radius 2 is 2.07 bits per heavy atom. The van der Waals surface area contributed by atoms with E-state index in [2.05, 4.69) is 25.7 Å². The van der Waals surface area contributed by atoms with E-state index in [9.17, 15) is 13.2 Å². The molecule has 0 fully saturated rings. The van der Waals surface area contributed by atoms with E-state index in [0.29, 0.717) is 0 Å². The van der Waals surface area contributed by atoms with Crippen LogP contribution >= 0.6 is 27.5 Å². The number of halogens is 5. The van der Waals surface area contributed by atoms with Crippen LogP contribution in [-0.2, 0) is 0 Å². The minimum absolute atomic E-state index is 0.0348. The third-order valence-corrected chi connectivity index (χ3v) is 2.36. The Balaban J connectivity index is 3.13. The molecule has 1 rings (SSSR count). The average Bonchev–Trinajstić information content (AvgIpc) is 2.04. The summed E-state index contributed by atoms with van der Waals surface area (Å²) in [7, 11) is 0. The maximum Gasteiger partial charge on any atom is 0.573 e. The Bertz CT molecular complexity index is 358. The number of aromatic nitrogens is 1. The van der Waals surface area contributed by atoms with Gasteiger partial charge in [0.2, 0.25) is 0 Å². The highest BCUT2D eigenvalue weighted by Gasteiger charge is 2.33. The zero-order chi connectivity index (χ0) is 10.9. The van der Waals surface area contributed by atoms with Crippen LogP contribution in [-0.4, -0.2) is 11.3 Å². The fraction of sp³-hybridized carbons (Fsp3) is 0.167. The lowest BCUT2D eigenvalue weighted by molar-refractivity contribution is -0.274. The highest BCUT2D eigenvalue weighted by atomic mass is 79.9. The number of alkyl halides is 3. The second-order valence-electron chi connectivity index (χ2n) is 2.20. The maximum atomic E-state index is 11.9. The van der Waals surface area contributed by atoms with E-state index in [4.69, 9.17) is 17.3 Å². The molecule has 0 saturated heterocycles. The van der Waals surface area contributed by atoms with Crippen molar-refractivity contribution in [3.8, 4) is 5.75 Å². The Hall–Kier alpha value is -0.690. The van der Waals surface area contributed by atoms with Gasteiger partial charge in [-0.25, -0.2) is 4.98 Å². The first-order chi connectivity index (χ1) is 6.31. The van der Waals surface area contributed by atoms with Gasteiger partial charge in [-0.05, 0) is 15.9 Å². The van der Waals surface area contributed by atoms with Gasteiger partial charge in [-0.1, -0.05) is 11.6 Å². The van der Waals surface area contributed by atoms with Crippen molar-refractivity contribution in [2.75, 3.05) is 5.73 Å². The smallest absolute Gasteiger partial charge is 0.402 e. The van der Waals surface area contributed by atoms with Gasteiger partial charge in [-0.2, -0.15) is 0 Å². The van der Waals surface area contributed by atoms with Crippen molar-refractivity contribution in [1.29, 1.82) is 0 Å². The molecule has 1 aromatic rings. The van der Waals surface area contributed by atoms with E-state index >= 15 is 0 Å². The SMILES string of the molecule is Nc1cnc(Br)c(Cl)c1OC(F)(F)F. The summed E-state index contributed by atoms with van der Waals surface area (Å²) < 4.78 is 39.2. The predicted octanol–water partition coefficient (Wildman–Crippen LogP) is 2.98.